The molecule has 0 unspecified atom stereocenters. The van der Waals surface area contributed by atoms with Crippen LogP contribution < -0.4 is 5.32 Å². The second-order valence-corrected chi connectivity index (χ2v) is 3.23. The smallest absolute Gasteiger partial charge is 0.249 e. The predicted octanol–water partition coefficient (Wildman–Crippen LogP) is 2.09. The maximum Gasteiger partial charge on any atom is 0.249 e. The number of terminal acetylenes is 1. The average molecular weight is 213 g/mol. The number of nitrogens with one attached hydrogen (secondary N) is 1. The summed E-state index contributed by atoms with van der Waals surface area (Å²) >= 11 is 0. The Morgan fingerprint density at radius 2 is 2.19 bits per heavy atom. The number of nitrogens with zero attached hydrogens (tertiary/aromatic N) is 2. The van der Waals surface area contributed by atoms with E-state index in [1.807, 2.05) is 24.3 Å². The van der Waals surface area contributed by atoms with E-state index in [0.717, 1.165) is 11.3 Å². The topological polar surface area (TPSA) is 51.0 Å². The summed E-state index contributed by atoms with van der Waals surface area (Å²) in [5.74, 6) is 3.56. The van der Waals surface area contributed by atoms with Crippen molar-refractivity contribution in [2.75, 3.05) is 11.9 Å². The van der Waals surface area contributed by atoms with E-state index in [-0.39, 0.29) is 0 Å². The van der Waals surface area contributed by atoms with Crippen molar-refractivity contribution in [2.24, 2.45) is 0 Å². The van der Waals surface area contributed by atoms with Crippen LogP contribution in [-0.4, -0.2) is 16.7 Å². The second-order valence-electron chi connectivity index (χ2n) is 3.23. The third-order valence-corrected chi connectivity index (χ3v) is 2.06. The highest BCUT2D eigenvalue weighted by molar-refractivity contribution is 5.72. The molecule has 0 radical (unpaired) electrons. The summed E-state index contributed by atoms with van der Waals surface area (Å²) < 4.78 is 5.38. The lowest BCUT2D eigenvalue weighted by atomic mass is 10.2. The van der Waals surface area contributed by atoms with Crippen LogP contribution in [0, 0.1) is 19.3 Å². The fraction of sp³-hybridized carbons (Fsp3) is 0.167. The van der Waals surface area contributed by atoms with Gasteiger partial charge in [0.2, 0.25) is 11.8 Å². The maximum atomic E-state index is 5.38. The molecule has 2 rings (SSSR count). The lowest BCUT2D eigenvalue weighted by Crippen LogP contribution is -1.99. The standard InChI is InChI=1S/C12H11N3O/c1-3-8-13-11-7-5-4-6-10(11)12-15-14-9(2)16-12/h1,4-7,13H,8H2,2H3. The lowest BCUT2D eigenvalue weighted by Gasteiger charge is -2.06. The molecule has 80 valence electrons. The minimum Gasteiger partial charge on any atom is -0.421 e. The van der Waals surface area contributed by atoms with E-state index >= 15 is 0 Å². The Kier molecular flexibility index (Phi) is 2.88. The molecule has 0 aliphatic rings. The van der Waals surface area contributed by atoms with E-state index in [0.29, 0.717) is 18.3 Å². The number of hydrogen-bond acceptors (Lipinski definition) is 4. The van der Waals surface area contributed by atoms with Gasteiger partial charge in [0, 0.05) is 12.6 Å². The molecule has 4 heteroatoms. The van der Waals surface area contributed by atoms with Crippen LogP contribution >= 0.6 is 0 Å². The molecule has 0 aliphatic heterocycles. The third-order valence-electron chi connectivity index (χ3n) is 2.06. The van der Waals surface area contributed by atoms with Crippen molar-refractivity contribution >= 4 is 5.69 Å². The van der Waals surface area contributed by atoms with Gasteiger partial charge in [0.15, 0.2) is 0 Å². The Labute approximate surface area is 93.7 Å². The first-order valence-electron chi connectivity index (χ1n) is 4.88. The van der Waals surface area contributed by atoms with Gasteiger partial charge in [-0.3, -0.25) is 0 Å². The first kappa shape index (κ1) is 10.2. The second kappa shape index (κ2) is 4.49. The van der Waals surface area contributed by atoms with Crippen molar-refractivity contribution < 1.29 is 4.42 Å². The van der Waals surface area contributed by atoms with Gasteiger partial charge in [-0.2, -0.15) is 0 Å². The van der Waals surface area contributed by atoms with Crippen molar-refractivity contribution in [2.45, 2.75) is 6.92 Å². The van der Waals surface area contributed by atoms with Crippen LogP contribution in [0.25, 0.3) is 11.5 Å². The summed E-state index contributed by atoms with van der Waals surface area (Å²) in [6.07, 6.45) is 5.21. The highest BCUT2D eigenvalue weighted by Crippen LogP contribution is 2.26. The monoisotopic (exact) mass is 213 g/mol. The molecule has 0 saturated heterocycles. The fourth-order valence-corrected chi connectivity index (χ4v) is 1.38. The lowest BCUT2D eigenvalue weighted by molar-refractivity contribution is 0.533. The van der Waals surface area contributed by atoms with E-state index in [1.165, 1.54) is 0 Å². The molecule has 0 fully saturated rings. The van der Waals surface area contributed by atoms with E-state index in [4.69, 9.17) is 10.8 Å². The van der Waals surface area contributed by atoms with E-state index in [1.54, 1.807) is 6.92 Å². The molecule has 1 aromatic heterocycles. The van der Waals surface area contributed by atoms with Crippen LogP contribution in [0.2, 0.25) is 0 Å². The zero-order chi connectivity index (χ0) is 11.4. The van der Waals surface area contributed by atoms with Gasteiger partial charge in [-0.15, -0.1) is 16.6 Å². The molecule has 4 nitrogen and oxygen atoms in total. The van der Waals surface area contributed by atoms with Gasteiger partial charge in [0.25, 0.3) is 0 Å². The van der Waals surface area contributed by atoms with E-state index in [9.17, 15) is 0 Å². The van der Waals surface area contributed by atoms with E-state index in [2.05, 4.69) is 21.4 Å². The minimum atomic E-state index is 0.462. The van der Waals surface area contributed by atoms with E-state index < -0.39 is 0 Å². The Morgan fingerprint density at radius 1 is 1.38 bits per heavy atom. The van der Waals surface area contributed by atoms with Crippen molar-refractivity contribution in [3.05, 3.63) is 30.2 Å². The first-order chi connectivity index (χ1) is 7.81. The van der Waals surface area contributed by atoms with Crippen LogP contribution in [0.15, 0.2) is 28.7 Å². The Hall–Kier alpha value is -2.28. The van der Waals surface area contributed by atoms with Crippen LogP contribution in [0.3, 0.4) is 0 Å². The third kappa shape index (κ3) is 2.04. The molecular formula is C12H11N3O. The quantitative estimate of drug-likeness (QED) is 0.793. The average Bonchev–Trinajstić information content (AvgIpc) is 2.73. The highest BCUT2D eigenvalue weighted by Gasteiger charge is 2.09. The van der Waals surface area contributed by atoms with Crippen LogP contribution in [0.4, 0.5) is 5.69 Å². The van der Waals surface area contributed by atoms with Crippen LogP contribution in [-0.2, 0) is 0 Å². The van der Waals surface area contributed by atoms with Gasteiger partial charge in [-0.1, -0.05) is 18.1 Å². The summed E-state index contributed by atoms with van der Waals surface area (Å²) in [5.41, 5.74) is 1.75. The molecule has 0 bridgehead atoms. The Balaban J connectivity index is 2.37. The molecule has 16 heavy (non-hydrogen) atoms. The van der Waals surface area contributed by atoms with Crippen LogP contribution in [0.1, 0.15) is 5.89 Å². The van der Waals surface area contributed by atoms with Gasteiger partial charge in [0.05, 0.1) is 12.1 Å². The highest BCUT2D eigenvalue weighted by atomic mass is 16.4. The molecule has 0 spiro atoms. The summed E-state index contributed by atoms with van der Waals surface area (Å²) in [7, 11) is 0. The number of aromatic nitrogens is 2. The number of hydrogen-bond donors (Lipinski definition) is 1. The predicted molar refractivity (Wildman–Crippen MR) is 61.8 cm³/mol. The largest absolute Gasteiger partial charge is 0.421 e. The molecule has 1 aromatic carbocycles. The van der Waals surface area contributed by atoms with Crippen molar-refractivity contribution in [1.82, 2.24) is 10.2 Å². The molecule has 1 N–H and O–H groups in total. The molecule has 0 amide bonds. The number of para-hydroxylation sites is 1. The van der Waals surface area contributed by atoms with Gasteiger partial charge in [-0.25, -0.2) is 0 Å². The molecule has 2 aromatic rings. The van der Waals surface area contributed by atoms with Crippen molar-refractivity contribution in [3.63, 3.8) is 0 Å². The molecule has 1 heterocycles. The zero-order valence-corrected chi connectivity index (χ0v) is 8.90. The molecular weight excluding hydrogens is 202 g/mol. The van der Waals surface area contributed by atoms with Gasteiger partial charge in [0.1, 0.15) is 0 Å². The normalized spacial score (nSPS) is 9.75. The fourth-order valence-electron chi connectivity index (χ4n) is 1.38. The first-order valence-corrected chi connectivity index (χ1v) is 4.88. The summed E-state index contributed by atoms with van der Waals surface area (Å²) in [5, 5.41) is 10.9. The van der Waals surface area contributed by atoms with Gasteiger partial charge >= 0.3 is 0 Å². The maximum absolute atomic E-state index is 5.38. The van der Waals surface area contributed by atoms with Gasteiger partial charge < -0.3 is 9.73 Å². The van der Waals surface area contributed by atoms with Crippen LogP contribution in [0.5, 0.6) is 0 Å². The number of aryl methyl sites for hydroxylation is 1. The zero-order valence-electron chi connectivity index (χ0n) is 8.90. The summed E-state index contributed by atoms with van der Waals surface area (Å²) in [6, 6.07) is 7.67. The van der Waals surface area contributed by atoms with Crippen molar-refractivity contribution in [3.8, 4) is 23.8 Å². The van der Waals surface area contributed by atoms with Gasteiger partial charge in [-0.05, 0) is 12.1 Å². The SMILES string of the molecule is C#CCNc1ccccc1-c1nnc(C)o1. The molecule has 0 saturated carbocycles. The number of benzene rings is 1. The Morgan fingerprint density at radius 3 is 2.88 bits per heavy atom. The number of rotatable bonds is 3. The summed E-state index contributed by atoms with van der Waals surface area (Å²) in [6.45, 7) is 2.22. The summed E-state index contributed by atoms with van der Waals surface area (Å²) in [4.78, 5) is 0. The minimum absolute atomic E-state index is 0.462. The number of anilines is 1. The Bertz CT molecular complexity index is 525. The van der Waals surface area contributed by atoms with Crippen molar-refractivity contribution in [1.29, 1.82) is 0 Å². The molecule has 0 aliphatic carbocycles. The molecule has 0 atom stereocenters.